The van der Waals surface area contributed by atoms with Gasteiger partial charge in [-0.15, -0.1) is 10.2 Å². The van der Waals surface area contributed by atoms with Gasteiger partial charge in [-0.25, -0.2) is 9.36 Å². The monoisotopic (exact) mass is 436 g/mol. The van der Waals surface area contributed by atoms with Gasteiger partial charge in [0.25, 0.3) is 5.56 Å². The Morgan fingerprint density at radius 3 is 2.45 bits per heavy atom. The maximum Gasteiger partial charge on any atom is 0.321 e. The Kier molecular flexibility index (Phi) is 5.47. The number of imide groups is 1. The quantitative estimate of drug-likeness (QED) is 0.475. The Morgan fingerprint density at radius 2 is 1.74 bits per heavy atom. The summed E-state index contributed by atoms with van der Waals surface area (Å²) in [5.41, 5.74) is 3.07. The van der Waals surface area contributed by atoms with E-state index in [1.54, 1.807) is 21.1 Å². The number of para-hydroxylation sites is 2. The third-order valence-electron chi connectivity index (χ3n) is 4.87. The summed E-state index contributed by atoms with van der Waals surface area (Å²) in [6.07, 6.45) is 0. The van der Waals surface area contributed by atoms with Crippen LogP contribution in [0.25, 0.3) is 22.4 Å². The molecule has 31 heavy (non-hydrogen) atoms. The Labute approximate surface area is 181 Å². The van der Waals surface area contributed by atoms with E-state index in [9.17, 15) is 14.4 Å². The van der Waals surface area contributed by atoms with Crippen LogP contribution in [0.3, 0.4) is 0 Å². The summed E-state index contributed by atoms with van der Waals surface area (Å²) < 4.78 is 3.33. The molecule has 0 atom stereocenters. The van der Waals surface area contributed by atoms with Crippen molar-refractivity contribution in [2.45, 2.75) is 19.0 Å². The van der Waals surface area contributed by atoms with Gasteiger partial charge in [0.2, 0.25) is 11.7 Å². The van der Waals surface area contributed by atoms with Crippen LogP contribution >= 0.6 is 11.8 Å². The molecule has 0 spiro atoms. The molecule has 9 nitrogen and oxygen atoms in total. The molecule has 4 rings (SSSR count). The van der Waals surface area contributed by atoms with E-state index in [1.807, 2.05) is 44.2 Å². The van der Waals surface area contributed by atoms with Crippen molar-refractivity contribution in [1.29, 1.82) is 0 Å². The van der Waals surface area contributed by atoms with Crippen molar-refractivity contribution in [2.75, 3.05) is 12.8 Å². The summed E-state index contributed by atoms with van der Waals surface area (Å²) >= 11 is 1.13. The van der Waals surface area contributed by atoms with Gasteiger partial charge >= 0.3 is 6.03 Å². The first kappa shape index (κ1) is 20.6. The molecule has 158 valence electrons. The van der Waals surface area contributed by atoms with Crippen molar-refractivity contribution in [3.8, 4) is 5.69 Å². The van der Waals surface area contributed by atoms with Crippen LogP contribution in [0.2, 0.25) is 0 Å². The van der Waals surface area contributed by atoms with E-state index >= 15 is 0 Å². The molecular weight excluding hydrogens is 416 g/mol. The highest BCUT2D eigenvalue weighted by Gasteiger charge is 2.20. The molecule has 0 aliphatic rings. The van der Waals surface area contributed by atoms with Gasteiger partial charge in [0.15, 0.2) is 5.16 Å². The van der Waals surface area contributed by atoms with E-state index in [2.05, 4.69) is 20.8 Å². The molecule has 0 saturated carbocycles. The number of aryl methyl sites for hydroxylation is 2. The lowest BCUT2D eigenvalue weighted by Crippen LogP contribution is -2.38. The van der Waals surface area contributed by atoms with Crippen LogP contribution in [0.5, 0.6) is 0 Å². The second kappa shape index (κ2) is 8.23. The van der Waals surface area contributed by atoms with Crippen LogP contribution in [0, 0.1) is 13.8 Å². The molecule has 0 bridgehead atoms. The fraction of sp³-hybridized carbons (Fsp3) is 0.190. The van der Waals surface area contributed by atoms with Crippen molar-refractivity contribution in [3.63, 3.8) is 0 Å². The smallest absolute Gasteiger partial charge is 0.321 e. The summed E-state index contributed by atoms with van der Waals surface area (Å²) in [6.45, 7) is 3.88. The van der Waals surface area contributed by atoms with E-state index < -0.39 is 11.9 Å². The minimum atomic E-state index is -0.578. The molecule has 10 heteroatoms. The highest BCUT2D eigenvalue weighted by molar-refractivity contribution is 7.99. The minimum Gasteiger partial charge on any atom is -0.341 e. The van der Waals surface area contributed by atoms with Crippen molar-refractivity contribution >= 4 is 40.4 Å². The van der Waals surface area contributed by atoms with Gasteiger partial charge in [0, 0.05) is 7.05 Å². The van der Waals surface area contributed by atoms with Crippen molar-refractivity contribution in [2.24, 2.45) is 0 Å². The molecule has 2 N–H and O–H groups in total. The van der Waals surface area contributed by atoms with Gasteiger partial charge < -0.3 is 5.32 Å². The van der Waals surface area contributed by atoms with E-state index in [-0.39, 0.29) is 11.3 Å². The standard InChI is InChI=1S/C21H20N6O3S/c1-12-7-6-8-13(2)17(12)27-18(29)14-9-4-5-10-15(14)26-20(27)24-25-21(26)31-11-16(28)23-19(30)22-3/h4-10H,11H2,1-3H3,(H2,22,23,28,30). The predicted molar refractivity (Wildman–Crippen MR) is 119 cm³/mol. The number of nitrogens with zero attached hydrogens (tertiary/aromatic N) is 4. The number of aromatic nitrogens is 4. The molecule has 0 unspecified atom stereocenters. The van der Waals surface area contributed by atoms with Crippen LogP contribution in [0.4, 0.5) is 4.79 Å². The Hall–Kier alpha value is -3.66. The zero-order chi connectivity index (χ0) is 22.1. The number of hydrogen-bond donors (Lipinski definition) is 2. The van der Waals surface area contributed by atoms with Crippen LogP contribution in [-0.4, -0.2) is 43.9 Å². The highest BCUT2D eigenvalue weighted by Crippen LogP contribution is 2.25. The summed E-state index contributed by atoms with van der Waals surface area (Å²) in [6, 6.07) is 12.4. The molecule has 2 aromatic heterocycles. The molecule has 2 heterocycles. The average Bonchev–Trinajstić information content (AvgIpc) is 3.18. The number of thioether (sulfide) groups is 1. The number of amides is 3. The van der Waals surface area contributed by atoms with E-state index in [0.717, 1.165) is 28.6 Å². The first-order valence-corrected chi connectivity index (χ1v) is 10.5. The van der Waals surface area contributed by atoms with Gasteiger partial charge in [0.05, 0.1) is 22.3 Å². The first-order chi connectivity index (χ1) is 14.9. The second-order valence-electron chi connectivity index (χ2n) is 6.93. The molecule has 0 radical (unpaired) electrons. The molecule has 3 amide bonds. The van der Waals surface area contributed by atoms with Crippen molar-refractivity contribution in [3.05, 3.63) is 63.9 Å². The molecule has 0 aliphatic carbocycles. The lowest BCUT2D eigenvalue weighted by atomic mass is 10.1. The number of carbonyl (C=O) groups excluding carboxylic acids is 2. The maximum atomic E-state index is 13.4. The Morgan fingerprint density at radius 1 is 1.03 bits per heavy atom. The van der Waals surface area contributed by atoms with Crippen molar-refractivity contribution in [1.82, 2.24) is 29.8 Å². The normalized spacial score (nSPS) is 11.1. The molecule has 0 aliphatic heterocycles. The molecular formula is C21H20N6O3S. The lowest BCUT2D eigenvalue weighted by Gasteiger charge is -2.15. The minimum absolute atomic E-state index is 0.0366. The van der Waals surface area contributed by atoms with Crippen LogP contribution < -0.4 is 16.2 Å². The maximum absolute atomic E-state index is 13.4. The van der Waals surface area contributed by atoms with Crippen LogP contribution in [0.15, 0.2) is 52.4 Å². The fourth-order valence-electron chi connectivity index (χ4n) is 3.49. The number of benzene rings is 2. The molecule has 2 aromatic carbocycles. The van der Waals surface area contributed by atoms with E-state index in [1.165, 1.54) is 7.05 Å². The van der Waals surface area contributed by atoms with Crippen molar-refractivity contribution < 1.29 is 9.59 Å². The summed E-state index contributed by atoms with van der Waals surface area (Å²) in [7, 11) is 1.43. The van der Waals surface area contributed by atoms with Gasteiger partial charge in [-0.2, -0.15) is 0 Å². The van der Waals surface area contributed by atoms with E-state index in [0.29, 0.717) is 21.8 Å². The van der Waals surface area contributed by atoms with Crippen LogP contribution in [-0.2, 0) is 4.79 Å². The largest absolute Gasteiger partial charge is 0.341 e. The Bertz CT molecular complexity index is 1370. The Balaban J connectivity index is 1.91. The summed E-state index contributed by atoms with van der Waals surface area (Å²) in [5.74, 6) is -0.144. The average molecular weight is 436 g/mol. The number of hydrogen-bond acceptors (Lipinski definition) is 6. The molecule has 4 aromatic rings. The number of fused-ring (bicyclic) bond motifs is 3. The molecule has 0 fully saturated rings. The van der Waals surface area contributed by atoms with E-state index in [4.69, 9.17) is 0 Å². The number of urea groups is 1. The zero-order valence-electron chi connectivity index (χ0n) is 17.2. The van der Waals surface area contributed by atoms with Gasteiger partial charge in [0.1, 0.15) is 0 Å². The summed E-state index contributed by atoms with van der Waals surface area (Å²) in [5, 5.41) is 14.0. The van der Waals surface area contributed by atoms with Gasteiger partial charge in [-0.1, -0.05) is 42.1 Å². The second-order valence-corrected chi connectivity index (χ2v) is 7.87. The molecule has 0 saturated heterocycles. The summed E-state index contributed by atoms with van der Waals surface area (Å²) in [4.78, 5) is 36.8. The third kappa shape index (κ3) is 3.66. The highest BCUT2D eigenvalue weighted by atomic mass is 32.2. The fourth-order valence-corrected chi connectivity index (χ4v) is 4.23. The number of nitrogens with one attached hydrogen (secondary N) is 2. The van der Waals surface area contributed by atoms with Gasteiger partial charge in [-0.05, 0) is 37.1 Å². The third-order valence-corrected chi connectivity index (χ3v) is 5.80. The number of rotatable bonds is 4. The SMILES string of the molecule is CNC(=O)NC(=O)CSc1nnc2n(-c3c(C)cccc3C)c(=O)c3ccccc3n12. The van der Waals surface area contributed by atoms with Gasteiger partial charge in [-0.3, -0.25) is 19.3 Å². The zero-order valence-corrected chi connectivity index (χ0v) is 18.0. The topological polar surface area (TPSA) is 110 Å². The lowest BCUT2D eigenvalue weighted by molar-refractivity contribution is -0.117. The first-order valence-electron chi connectivity index (χ1n) is 9.52. The van der Waals surface area contributed by atoms with Crippen LogP contribution in [0.1, 0.15) is 11.1 Å². The number of carbonyl (C=O) groups is 2. The predicted octanol–water partition coefficient (Wildman–Crippen LogP) is 2.20.